The first kappa shape index (κ1) is 21.6. The van der Waals surface area contributed by atoms with Crippen LogP contribution in [0.5, 0.6) is 17.2 Å². The first-order chi connectivity index (χ1) is 16.6. The molecule has 9 heteroatoms. The lowest BCUT2D eigenvalue weighted by Crippen LogP contribution is -2.16. The van der Waals surface area contributed by atoms with E-state index in [0.29, 0.717) is 48.3 Å². The number of ether oxygens (including phenoxy) is 4. The molecule has 5 rings (SSSR count). The van der Waals surface area contributed by atoms with E-state index < -0.39 is 5.97 Å². The summed E-state index contributed by atoms with van der Waals surface area (Å²) in [6, 6.07) is 12.7. The van der Waals surface area contributed by atoms with Crippen LogP contribution >= 0.6 is 0 Å². The Kier molecular flexibility index (Phi) is 5.67. The molecule has 2 aromatic carbocycles. The highest BCUT2D eigenvalue weighted by atomic mass is 16.5. The van der Waals surface area contributed by atoms with Gasteiger partial charge in [0.05, 0.1) is 38.7 Å². The third-order valence-electron chi connectivity index (χ3n) is 5.62. The average molecular weight is 461 g/mol. The molecule has 2 aromatic rings. The van der Waals surface area contributed by atoms with Gasteiger partial charge in [0.15, 0.2) is 11.5 Å². The Balaban J connectivity index is 1.57. The number of rotatable bonds is 5. The summed E-state index contributed by atoms with van der Waals surface area (Å²) in [4.78, 5) is 25.8. The van der Waals surface area contributed by atoms with Gasteiger partial charge in [0.2, 0.25) is 0 Å². The van der Waals surface area contributed by atoms with Gasteiger partial charge in [-0.3, -0.25) is 4.79 Å². The Morgan fingerprint density at radius 2 is 1.79 bits per heavy atom. The monoisotopic (exact) mass is 461 g/mol. The van der Waals surface area contributed by atoms with Gasteiger partial charge in [-0.05, 0) is 42.0 Å². The molecular formula is C25H23N3O6. The minimum absolute atomic E-state index is 0.207. The van der Waals surface area contributed by atoms with Gasteiger partial charge >= 0.3 is 5.97 Å². The van der Waals surface area contributed by atoms with Crippen molar-refractivity contribution in [3.8, 4) is 34.2 Å². The zero-order valence-electron chi connectivity index (χ0n) is 18.8. The van der Waals surface area contributed by atoms with Crippen molar-refractivity contribution in [1.82, 2.24) is 14.3 Å². The van der Waals surface area contributed by atoms with Gasteiger partial charge < -0.3 is 23.5 Å². The molecule has 0 saturated carbocycles. The number of aromatic nitrogens is 3. The molecule has 0 N–H and O–H groups in total. The lowest BCUT2D eigenvalue weighted by atomic mass is 10.1. The number of hydrogen-bond acceptors (Lipinski definition) is 7. The molecular weight excluding hydrogens is 438 g/mol. The van der Waals surface area contributed by atoms with Crippen molar-refractivity contribution >= 4 is 5.97 Å². The Morgan fingerprint density at radius 3 is 2.53 bits per heavy atom. The van der Waals surface area contributed by atoms with Crippen LogP contribution in [0.2, 0.25) is 0 Å². The van der Waals surface area contributed by atoms with Crippen molar-refractivity contribution in [3.05, 3.63) is 76.3 Å². The Hall–Kier alpha value is -4.27. The molecule has 174 valence electrons. The number of pyridine rings is 1. The average Bonchev–Trinajstić information content (AvgIpc) is 3.03. The number of esters is 1. The second kappa shape index (κ2) is 8.93. The fourth-order valence-corrected chi connectivity index (χ4v) is 3.93. The maximum absolute atomic E-state index is 13.2. The number of methoxy groups -OCH3 is 2. The number of carbonyl (C=O) groups excluding carboxylic acids is 1. The van der Waals surface area contributed by atoms with Crippen LogP contribution in [-0.4, -0.2) is 47.8 Å². The van der Waals surface area contributed by atoms with Crippen molar-refractivity contribution in [2.45, 2.75) is 13.0 Å². The highest BCUT2D eigenvalue weighted by molar-refractivity contribution is 5.96. The molecule has 0 aliphatic carbocycles. The topological polar surface area (TPSA) is 93.8 Å². The molecule has 3 aliphatic heterocycles. The van der Waals surface area contributed by atoms with Gasteiger partial charge in [0.1, 0.15) is 17.0 Å². The maximum atomic E-state index is 13.2. The van der Waals surface area contributed by atoms with Gasteiger partial charge in [-0.25, -0.2) is 4.79 Å². The summed E-state index contributed by atoms with van der Waals surface area (Å²) in [7, 11) is 2.87. The number of fused-ring (bicyclic) bond motifs is 2. The first-order valence-electron chi connectivity index (χ1n) is 10.8. The number of nitrogens with zero attached hydrogens (tertiary/aromatic N) is 3. The normalized spacial score (nSPS) is 12.9. The highest BCUT2D eigenvalue weighted by Gasteiger charge is 2.25. The molecule has 0 unspecified atom stereocenters. The van der Waals surface area contributed by atoms with E-state index in [1.54, 1.807) is 48.3 Å². The summed E-state index contributed by atoms with van der Waals surface area (Å²) in [6.07, 6.45) is 4.16. The van der Waals surface area contributed by atoms with Crippen molar-refractivity contribution in [2.75, 3.05) is 27.4 Å². The summed E-state index contributed by atoms with van der Waals surface area (Å²) >= 11 is 0. The second-order valence-corrected chi connectivity index (χ2v) is 7.84. The highest BCUT2D eigenvalue weighted by Crippen LogP contribution is 2.31. The number of hydrogen-bond donors (Lipinski definition) is 0. The van der Waals surface area contributed by atoms with E-state index in [0.717, 1.165) is 12.0 Å². The second-order valence-electron chi connectivity index (χ2n) is 7.84. The van der Waals surface area contributed by atoms with Crippen molar-refractivity contribution in [1.29, 1.82) is 0 Å². The van der Waals surface area contributed by atoms with Crippen LogP contribution in [0.3, 0.4) is 0 Å². The summed E-state index contributed by atoms with van der Waals surface area (Å²) in [5.41, 5.74) is 1.96. The molecule has 0 atom stereocenters. The largest absolute Gasteiger partial charge is 0.497 e. The van der Waals surface area contributed by atoms with Crippen LogP contribution in [-0.2, 0) is 11.3 Å². The smallest absolute Gasteiger partial charge is 0.341 e. The fraction of sp³-hybridized carbons (Fsp3) is 0.240. The van der Waals surface area contributed by atoms with Crippen molar-refractivity contribution in [2.24, 2.45) is 0 Å². The zero-order chi connectivity index (χ0) is 23.7. The van der Waals surface area contributed by atoms with Gasteiger partial charge in [-0.2, -0.15) is 9.78 Å². The minimum Gasteiger partial charge on any atom is -0.497 e. The van der Waals surface area contributed by atoms with Gasteiger partial charge in [-0.15, -0.1) is 0 Å². The SMILES string of the molecule is COC(=O)c1cn(Cc2ccc3c(c2)OCCCO3)cc2c(=O)n(-c3ccc(OC)cc3)nc1-2. The van der Waals surface area contributed by atoms with Gasteiger partial charge in [-0.1, -0.05) is 6.07 Å². The minimum atomic E-state index is -0.572. The van der Waals surface area contributed by atoms with Crippen LogP contribution < -0.4 is 19.8 Å². The predicted molar refractivity (Wildman–Crippen MR) is 123 cm³/mol. The van der Waals surface area contributed by atoms with Crippen LogP contribution in [0.25, 0.3) is 16.9 Å². The Labute approximate surface area is 195 Å². The van der Waals surface area contributed by atoms with E-state index in [-0.39, 0.29) is 16.8 Å². The van der Waals surface area contributed by atoms with Gasteiger partial charge in [0.25, 0.3) is 5.56 Å². The molecule has 0 fully saturated rings. The van der Waals surface area contributed by atoms with E-state index >= 15 is 0 Å². The Bertz CT molecular complexity index is 1370. The molecule has 0 amide bonds. The van der Waals surface area contributed by atoms with E-state index in [9.17, 15) is 9.59 Å². The van der Waals surface area contributed by atoms with E-state index in [1.165, 1.54) is 11.8 Å². The molecule has 0 aromatic heterocycles. The molecule has 0 bridgehead atoms. The third-order valence-corrected chi connectivity index (χ3v) is 5.62. The van der Waals surface area contributed by atoms with Crippen LogP contribution in [0, 0.1) is 0 Å². The van der Waals surface area contributed by atoms with Gasteiger partial charge in [0, 0.05) is 25.4 Å². The van der Waals surface area contributed by atoms with E-state index in [4.69, 9.17) is 18.9 Å². The lowest BCUT2D eigenvalue weighted by molar-refractivity contribution is 0.0600. The molecule has 34 heavy (non-hydrogen) atoms. The lowest BCUT2D eigenvalue weighted by Gasteiger charge is -2.13. The molecule has 3 aliphatic rings. The zero-order valence-corrected chi connectivity index (χ0v) is 18.8. The fourth-order valence-electron chi connectivity index (χ4n) is 3.93. The molecule has 0 saturated heterocycles. The number of benzene rings is 2. The summed E-state index contributed by atoms with van der Waals surface area (Å²) < 4.78 is 24.7. The maximum Gasteiger partial charge on any atom is 0.341 e. The standard InChI is InChI=1S/C25H23N3O6/c1-31-18-7-5-17(6-8-18)28-24(29)19-14-27(15-20(23(19)26-28)25(30)32-2)13-16-4-9-21-22(12-16)34-11-3-10-33-21/h4-9,12,14-15H,3,10-11,13H2,1-2H3. The van der Waals surface area contributed by atoms with Crippen molar-refractivity contribution < 1.29 is 23.7 Å². The Morgan fingerprint density at radius 1 is 1.03 bits per heavy atom. The third kappa shape index (κ3) is 3.96. The summed E-state index contributed by atoms with van der Waals surface area (Å²) in [5.74, 6) is 1.48. The molecule has 0 spiro atoms. The van der Waals surface area contributed by atoms with Crippen LogP contribution in [0.1, 0.15) is 22.3 Å². The predicted octanol–water partition coefficient (Wildman–Crippen LogP) is 3.14. The van der Waals surface area contributed by atoms with E-state index in [2.05, 4.69) is 5.10 Å². The van der Waals surface area contributed by atoms with E-state index in [1.807, 2.05) is 18.2 Å². The molecule has 3 heterocycles. The molecule has 9 nitrogen and oxygen atoms in total. The summed E-state index contributed by atoms with van der Waals surface area (Å²) in [5, 5.41) is 4.44. The number of carbonyl (C=O) groups is 1. The van der Waals surface area contributed by atoms with Crippen LogP contribution in [0.15, 0.2) is 59.7 Å². The first-order valence-corrected chi connectivity index (χ1v) is 10.8. The van der Waals surface area contributed by atoms with Crippen molar-refractivity contribution in [3.63, 3.8) is 0 Å². The van der Waals surface area contributed by atoms with Crippen LogP contribution in [0.4, 0.5) is 0 Å². The molecule has 0 radical (unpaired) electrons. The quantitative estimate of drug-likeness (QED) is 0.422. The summed E-state index contributed by atoms with van der Waals surface area (Å²) in [6.45, 7) is 1.61.